The largest absolute Gasteiger partial charge is 0.247 e. The van der Waals surface area contributed by atoms with Crippen LogP contribution in [0.5, 0.6) is 0 Å². The first kappa shape index (κ1) is 33.6. The van der Waals surface area contributed by atoms with Gasteiger partial charge in [-0.1, -0.05) is 200 Å². The van der Waals surface area contributed by atoms with E-state index in [1.807, 2.05) is 24.3 Å². The van der Waals surface area contributed by atoms with E-state index in [0.717, 1.165) is 56.0 Å². The number of rotatable bonds is 6. The second-order valence-electron chi connectivity index (χ2n) is 14.7. The van der Waals surface area contributed by atoms with Gasteiger partial charge in [-0.05, 0) is 55.9 Å². The van der Waals surface area contributed by atoms with Crippen molar-refractivity contribution in [2.24, 2.45) is 0 Å². The van der Waals surface area contributed by atoms with Gasteiger partial charge in [0.25, 0.3) is 0 Å². The molecule has 0 N–H and O–H groups in total. The van der Waals surface area contributed by atoms with Gasteiger partial charge >= 0.3 is 0 Å². The number of pyridine rings is 1. The number of hydrogen-bond donors (Lipinski definition) is 0. The van der Waals surface area contributed by atoms with Crippen molar-refractivity contribution in [3.8, 4) is 67.4 Å². The van der Waals surface area contributed by atoms with Crippen molar-refractivity contribution in [2.75, 3.05) is 0 Å². The highest BCUT2D eigenvalue weighted by molar-refractivity contribution is 6.33. The van der Waals surface area contributed by atoms with Crippen LogP contribution in [0.25, 0.3) is 111 Å². The second kappa shape index (κ2) is 14.1. The zero-order valence-electron chi connectivity index (χ0n) is 31.5. The summed E-state index contributed by atoms with van der Waals surface area (Å²) in [6.07, 6.45) is 0. The lowest BCUT2D eigenvalue weighted by atomic mass is 9.89. The molecule has 0 saturated carbocycles. The number of hydrogen-bond acceptors (Lipinski definition) is 3. The van der Waals surface area contributed by atoms with Crippen LogP contribution in [0.15, 0.2) is 212 Å². The highest BCUT2D eigenvalue weighted by Crippen LogP contribution is 2.43. The lowest BCUT2D eigenvalue weighted by Gasteiger charge is -2.16. The van der Waals surface area contributed by atoms with Crippen LogP contribution in [0.1, 0.15) is 0 Å². The van der Waals surface area contributed by atoms with Crippen molar-refractivity contribution in [1.82, 2.24) is 15.0 Å². The molecular formula is C55H35N3. The maximum absolute atomic E-state index is 5.34. The molecule has 2 aromatic heterocycles. The van der Waals surface area contributed by atoms with Gasteiger partial charge in [0.2, 0.25) is 0 Å². The Morgan fingerprint density at radius 1 is 0.241 bits per heavy atom. The van der Waals surface area contributed by atoms with Gasteiger partial charge in [-0.25, -0.2) is 15.0 Å². The molecule has 0 bridgehead atoms. The van der Waals surface area contributed by atoms with Crippen molar-refractivity contribution in [2.45, 2.75) is 0 Å². The van der Waals surface area contributed by atoms with Crippen molar-refractivity contribution in [3.63, 3.8) is 0 Å². The van der Waals surface area contributed by atoms with E-state index < -0.39 is 0 Å². The molecule has 11 aromatic rings. The van der Waals surface area contributed by atoms with E-state index in [1.54, 1.807) is 0 Å². The topological polar surface area (TPSA) is 38.7 Å². The standard InChI is InChI=1S/C55H35N3/c1-3-13-36(14-4-1)37-23-29-41(30-24-37)51-35-50(40-15-5-2-6-16-40)57-55(58-51)43-33-27-39(28-34-43)38-25-31-42(32-26-38)54-53-47-20-10-8-18-45(47)44-17-7-9-19-46(44)52(53)48-21-11-12-22-49(48)56-54/h1-35H. The summed E-state index contributed by atoms with van der Waals surface area (Å²) in [6, 6.07) is 75.0. The van der Waals surface area contributed by atoms with E-state index in [1.165, 1.54) is 48.8 Å². The normalized spacial score (nSPS) is 11.4. The van der Waals surface area contributed by atoms with Crippen LogP contribution in [0.3, 0.4) is 0 Å². The lowest BCUT2D eigenvalue weighted by molar-refractivity contribution is 1.18. The van der Waals surface area contributed by atoms with Crippen molar-refractivity contribution < 1.29 is 0 Å². The summed E-state index contributed by atoms with van der Waals surface area (Å²) in [5.74, 6) is 0.694. The summed E-state index contributed by atoms with van der Waals surface area (Å²) in [4.78, 5) is 15.5. The van der Waals surface area contributed by atoms with E-state index in [2.05, 4.69) is 188 Å². The summed E-state index contributed by atoms with van der Waals surface area (Å²) < 4.78 is 0. The third kappa shape index (κ3) is 5.89. The van der Waals surface area contributed by atoms with Gasteiger partial charge in [-0.3, -0.25) is 0 Å². The number of fused-ring (bicyclic) bond motifs is 8. The summed E-state index contributed by atoms with van der Waals surface area (Å²) >= 11 is 0. The molecule has 0 saturated heterocycles. The van der Waals surface area contributed by atoms with Crippen molar-refractivity contribution in [3.05, 3.63) is 212 Å². The molecule has 0 aliphatic rings. The molecule has 0 spiro atoms. The predicted octanol–water partition coefficient (Wildman–Crippen LogP) is 14.5. The molecular weight excluding hydrogens is 703 g/mol. The molecule has 0 amide bonds. The molecule has 0 aliphatic carbocycles. The Kier molecular flexibility index (Phi) is 8.15. The van der Waals surface area contributed by atoms with Crippen LogP contribution in [0.2, 0.25) is 0 Å². The number of nitrogens with zero attached hydrogens (tertiary/aromatic N) is 3. The van der Waals surface area contributed by atoms with Crippen LogP contribution < -0.4 is 0 Å². The zero-order valence-corrected chi connectivity index (χ0v) is 31.5. The van der Waals surface area contributed by atoms with Gasteiger partial charge in [0.15, 0.2) is 5.82 Å². The summed E-state index contributed by atoms with van der Waals surface area (Å²) in [7, 11) is 0. The van der Waals surface area contributed by atoms with Gasteiger partial charge in [-0.15, -0.1) is 0 Å². The number of aromatic nitrogens is 3. The monoisotopic (exact) mass is 737 g/mol. The minimum Gasteiger partial charge on any atom is -0.247 e. The van der Waals surface area contributed by atoms with E-state index in [9.17, 15) is 0 Å². The predicted molar refractivity (Wildman–Crippen MR) is 242 cm³/mol. The fourth-order valence-electron chi connectivity index (χ4n) is 8.41. The van der Waals surface area contributed by atoms with Crippen molar-refractivity contribution >= 4 is 43.2 Å². The molecule has 11 rings (SSSR count). The van der Waals surface area contributed by atoms with Crippen LogP contribution >= 0.6 is 0 Å². The van der Waals surface area contributed by atoms with Crippen molar-refractivity contribution in [1.29, 1.82) is 0 Å². The van der Waals surface area contributed by atoms with Crippen LogP contribution in [0, 0.1) is 0 Å². The Bertz CT molecular complexity index is 3280. The second-order valence-corrected chi connectivity index (χ2v) is 14.7. The van der Waals surface area contributed by atoms with Gasteiger partial charge < -0.3 is 0 Å². The first-order valence-corrected chi connectivity index (χ1v) is 19.7. The SMILES string of the molecule is c1ccc(-c2ccc(-c3cc(-c4ccccc4)nc(-c4ccc(-c5ccc(-c6nc7ccccc7c7c8ccccc8c8ccccc8c67)cc5)cc4)n3)cc2)cc1. The molecule has 0 fully saturated rings. The van der Waals surface area contributed by atoms with Gasteiger partial charge in [-0.2, -0.15) is 0 Å². The average molecular weight is 738 g/mol. The zero-order chi connectivity index (χ0) is 38.4. The maximum atomic E-state index is 5.34. The lowest BCUT2D eigenvalue weighted by Crippen LogP contribution is -1.96. The van der Waals surface area contributed by atoms with Crippen LogP contribution in [-0.4, -0.2) is 15.0 Å². The summed E-state index contributed by atoms with van der Waals surface area (Å²) in [6.45, 7) is 0. The minimum absolute atomic E-state index is 0.694. The molecule has 0 aliphatic heterocycles. The van der Waals surface area contributed by atoms with Crippen LogP contribution in [0.4, 0.5) is 0 Å². The Morgan fingerprint density at radius 3 is 1.19 bits per heavy atom. The van der Waals surface area contributed by atoms with Gasteiger partial charge in [0, 0.05) is 38.4 Å². The highest BCUT2D eigenvalue weighted by Gasteiger charge is 2.18. The molecule has 0 unspecified atom stereocenters. The quantitative estimate of drug-likeness (QED) is 0.160. The fraction of sp³-hybridized carbons (Fsp3) is 0. The molecule has 2 heterocycles. The van der Waals surface area contributed by atoms with E-state index in [-0.39, 0.29) is 0 Å². The first-order chi connectivity index (χ1) is 28.7. The van der Waals surface area contributed by atoms with E-state index in [0.29, 0.717) is 5.82 Å². The first-order valence-electron chi connectivity index (χ1n) is 19.7. The average Bonchev–Trinajstić information content (AvgIpc) is 3.32. The number of para-hydroxylation sites is 1. The fourth-order valence-corrected chi connectivity index (χ4v) is 8.41. The molecule has 0 atom stereocenters. The van der Waals surface area contributed by atoms with Gasteiger partial charge in [0.05, 0.1) is 22.6 Å². The Balaban J connectivity index is 0.968. The highest BCUT2D eigenvalue weighted by atomic mass is 14.9. The third-order valence-electron chi connectivity index (χ3n) is 11.3. The maximum Gasteiger partial charge on any atom is 0.160 e. The van der Waals surface area contributed by atoms with E-state index >= 15 is 0 Å². The molecule has 9 aromatic carbocycles. The molecule has 3 nitrogen and oxygen atoms in total. The number of benzene rings is 9. The summed E-state index contributed by atoms with van der Waals surface area (Å²) in [5, 5.41) is 8.58. The van der Waals surface area contributed by atoms with Gasteiger partial charge in [0.1, 0.15) is 0 Å². The summed E-state index contributed by atoms with van der Waals surface area (Å²) in [5.41, 5.74) is 12.6. The minimum atomic E-state index is 0.694. The molecule has 3 heteroatoms. The molecule has 0 radical (unpaired) electrons. The van der Waals surface area contributed by atoms with E-state index in [4.69, 9.17) is 15.0 Å². The smallest absolute Gasteiger partial charge is 0.160 e. The Morgan fingerprint density at radius 2 is 0.621 bits per heavy atom. The molecule has 58 heavy (non-hydrogen) atoms. The van der Waals surface area contributed by atoms with Crippen LogP contribution in [-0.2, 0) is 0 Å². The third-order valence-corrected chi connectivity index (χ3v) is 11.3. The Hall–Kier alpha value is -7.75. The Labute approximate surface area is 336 Å². The molecule has 270 valence electrons.